The van der Waals surface area contributed by atoms with Crippen LogP contribution < -0.4 is 10.1 Å². The molecule has 2 fully saturated rings. The van der Waals surface area contributed by atoms with Crippen LogP contribution in [-0.4, -0.2) is 60.4 Å². The second kappa shape index (κ2) is 11.0. The van der Waals surface area contributed by atoms with Gasteiger partial charge in [0.1, 0.15) is 17.6 Å². The van der Waals surface area contributed by atoms with E-state index in [1.54, 1.807) is 7.11 Å². The first kappa shape index (κ1) is 24.1. The van der Waals surface area contributed by atoms with Gasteiger partial charge in [0, 0.05) is 37.5 Å². The number of nitrogens with zero attached hydrogens (tertiary/aromatic N) is 2. The highest BCUT2D eigenvalue weighted by molar-refractivity contribution is 5.77. The Morgan fingerprint density at radius 2 is 2.11 bits per heavy atom. The van der Waals surface area contributed by atoms with Crippen LogP contribution in [0.2, 0.25) is 0 Å². The Balaban J connectivity index is 1.12. The summed E-state index contributed by atoms with van der Waals surface area (Å²) in [7, 11) is 1.67. The summed E-state index contributed by atoms with van der Waals surface area (Å²) >= 11 is 0. The molecule has 5 rings (SSSR count). The molecule has 1 aliphatic carbocycles. The van der Waals surface area contributed by atoms with Gasteiger partial charge in [0.25, 0.3) is 0 Å². The number of nitrogens with one attached hydrogen (secondary N) is 1. The van der Waals surface area contributed by atoms with E-state index in [9.17, 15) is 9.90 Å². The van der Waals surface area contributed by atoms with Gasteiger partial charge in [-0.3, -0.25) is 9.69 Å². The first-order valence-corrected chi connectivity index (χ1v) is 13.1. The van der Waals surface area contributed by atoms with Crippen LogP contribution in [0.4, 0.5) is 5.82 Å². The molecule has 3 heterocycles. The number of aryl methyl sites for hydroxylation is 2. The quantitative estimate of drug-likeness (QED) is 0.457. The lowest BCUT2D eigenvalue weighted by atomic mass is 9.95. The molecule has 2 N–H and O–H groups in total. The number of hydrogen-bond acceptors (Lipinski definition) is 6. The molecule has 0 spiro atoms. The Labute approximate surface area is 207 Å². The van der Waals surface area contributed by atoms with Crippen LogP contribution in [0.1, 0.15) is 72.9 Å². The predicted molar refractivity (Wildman–Crippen MR) is 135 cm³/mol. The topological polar surface area (TPSA) is 83.9 Å². The smallest absolute Gasteiger partial charge is 0.325 e. The maximum absolute atomic E-state index is 12.4. The van der Waals surface area contributed by atoms with Crippen molar-refractivity contribution in [3.8, 4) is 5.75 Å². The Morgan fingerprint density at radius 3 is 2.91 bits per heavy atom. The molecule has 1 aromatic carbocycles. The summed E-state index contributed by atoms with van der Waals surface area (Å²) in [6, 6.07) is 9.53. The van der Waals surface area contributed by atoms with Crippen molar-refractivity contribution < 1.29 is 19.4 Å². The van der Waals surface area contributed by atoms with Gasteiger partial charge >= 0.3 is 5.97 Å². The first-order valence-electron chi connectivity index (χ1n) is 13.1. The number of hydrogen-bond donors (Lipinski definition) is 2. The molecule has 1 saturated heterocycles. The molecular formula is C28H37N3O4. The van der Waals surface area contributed by atoms with Gasteiger partial charge < -0.3 is 19.9 Å². The average molecular weight is 480 g/mol. The Hall–Kier alpha value is -2.64. The highest BCUT2D eigenvalue weighted by Crippen LogP contribution is 2.48. The van der Waals surface area contributed by atoms with Crippen LogP contribution in [-0.2, 0) is 22.4 Å². The van der Waals surface area contributed by atoms with Gasteiger partial charge in [0.05, 0.1) is 13.2 Å². The number of carboxylic acids is 1. The van der Waals surface area contributed by atoms with Crippen molar-refractivity contribution in [3.05, 3.63) is 52.7 Å². The molecule has 0 radical (unpaired) electrons. The van der Waals surface area contributed by atoms with Gasteiger partial charge in [0.15, 0.2) is 0 Å². The number of carboxylic acid groups (broad SMARTS) is 1. The number of pyridine rings is 1. The van der Waals surface area contributed by atoms with Crippen molar-refractivity contribution in [2.45, 2.75) is 69.4 Å². The minimum atomic E-state index is -0.798. The van der Waals surface area contributed by atoms with Gasteiger partial charge in [-0.1, -0.05) is 18.2 Å². The maximum atomic E-state index is 12.4. The zero-order valence-electron chi connectivity index (χ0n) is 20.7. The summed E-state index contributed by atoms with van der Waals surface area (Å²) in [5.41, 5.74) is 4.43. The highest BCUT2D eigenvalue weighted by Gasteiger charge is 2.39. The molecule has 7 nitrogen and oxygen atoms in total. The molecule has 35 heavy (non-hydrogen) atoms. The van der Waals surface area contributed by atoms with Crippen molar-refractivity contribution in [1.29, 1.82) is 0 Å². The van der Waals surface area contributed by atoms with Gasteiger partial charge in [-0.05, 0) is 80.5 Å². The molecule has 0 amide bonds. The van der Waals surface area contributed by atoms with Crippen molar-refractivity contribution in [2.24, 2.45) is 0 Å². The van der Waals surface area contributed by atoms with Crippen molar-refractivity contribution in [1.82, 2.24) is 9.88 Å². The maximum Gasteiger partial charge on any atom is 0.325 e. The summed E-state index contributed by atoms with van der Waals surface area (Å²) in [4.78, 5) is 19.2. The second-order valence-electron chi connectivity index (χ2n) is 10.1. The summed E-state index contributed by atoms with van der Waals surface area (Å²) in [6.45, 7) is 3.09. The van der Waals surface area contributed by atoms with Gasteiger partial charge in [-0.15, -0.1) is 0 Å². The van der Waals surface area contributed by atoms with E-state index in [1.165, 1.54) is 12.0 Å². The number of likely N-dealkylation sites (tertiary alicyclic amines) is 1. The third kappa shape index (κ3) is 5.62. The van der Waals surface area contributed by atoms with Crippen LogP contribution in [0.15, 0.2) is 30.3 Å². The lowest BCUT2D eigenvalue weighted by molar-refractivity contribution is -0.143. The van der Waals surface area contributed by atoms with E-state index in [1.807, 2.05) is 18.2 Å². The zero-order chi connectivity index (χ0) is 24.2. The molecular weight excluding hydrogens is 442 g/mol. The molecule has 1 aromatic heterocycles. The lowest BCUT2D eigenvalue weighted by Gasteiger charge is -2.27. The molecule has 3 aliphatic rings. The number of fused-ring (bicyclic) bond motifs is 1. The second-order valence-corrected chi connectivity index (χ2v) is 10.1. The molecule has 0 bridgehead atoms. The number of aliphatic carboxylic acids is 1. The third-order valence-electron chi connectivity index (χ3n) is 7.51. The van der Waals surface area contributed by atoms with Crippen molar-refractivity contribution in [3.63, 3.8) is 0 Å². The fourth-order valence-electron chi connectivity index (χ4n) is 5.56. The SMILES string of the molecule is COc1cccc([C@@H](C(=O)O)N2CC[C@@H](OCCCCc3ccc4c(n3)NCCC4)C2)c1C1CC1. The van der Waals surface area contributed by atoms with Crippen LogP contribution in [0, 0.1) is 0 Å². The fourth-order valence-corrected chi connectivity index (χ4v) is 5.56. The summed E-state index contributed by atoms with van der Waals surface area (Å²) in [5.74, 6) is 1.49. The summed E-state index contributed by atoms with van der Waals surface area (Å²) < 4.78 is 11.8. The summed E-state index contributed by atoms with van der Waals surface area (Å²) in [5, 5.41) is 13.6. The van der Waals surface area contributed by atoms with E-state index in [2.05, 4.69) is 22.3 Å². The van der Waals surface area contributed by atoms with E-state index < -0.39 is 12.0 Å². The first-order chi connectivity index (χ1) is 17.1. The van der Waals surface area contributed by atoms with Gasteiger partial charge in [-0.25, -0.2) is 4.98 Å². The fraction of sp³-hybridized carbons (Fsp3) is 0.571. The number of aromatic nitrogens is 1. The normalized spacial score (nSPS) is 20.8. The molecule has 188 valence electrons. The zero-order valence-corrected chi connectivity index (χ0v) is 20.7. The molecule has 0 unspecified atom stereocenters. The van der Waals surface area contributed by atoms with Crippen molar-refractivity contribution >= 4 is 11.8 Å². The van der Waals surface area contributed by atoms with Crippen LogP contribution in [0.5, 0.6) is 5.75 Å². The number of rotatable bonds is 11. The van der Waals surface area contributed by atoms with Gasteiger partial charge in [-0.2, -0.15) is 0 Å². The van der Waals surface area contributed by atoms with E-state index >= 15 is 0 Å². The summed E-state index contributed by atoms with van der Waals surface area (Å²) in [6.07, 6.45) is 8.41. The predicted octanol–water partition coefficient (Wildman–Crippen LogP) is 4.57. The highest BCUT2D eigenvalue weighted by atomic mass is 16.5. The number of unbranched alkanes of at least 4 members (excludes halogenated alkanes) is 1. The van der Waals surface area contributed by atoms with Crippen LogP contribution in [0.25, 0.3) is 0 Å². The third-order valence-corrected chi connectivity index (χ3v) is 7.51. The monoisotopic (exact) mass is 479 g/mol. The lowest BCUT2D eigenvalue weighted by Crippen LogP contribution is -2.34. The number of carbonyl (C=O) groups is 1. The van der Waals surface area contributed by atoms with E-state index in [0.29, 0.717) is 19.1 Å². The minimum absolute atomic E-state index is 0.0814. The molecule has 2 aromatic rings. The Bertz CT molecular complexity index is 1040. The average Bonchev–Trinajstić information content (AvgIpc) is 3.61. The number of ether oxygens (including phenoxy) is 2. The Morgan fingerprint density at radius 1 is 1.23 bits per heavy atom. The standard InChI is InChI=1S/C28H37N3O4/c1-34-24-9-4-8-23(25(24)19-10-11-19)26(28(32)33)31-16-14-22(18-31)35-17-3-2-7-21-13-12-20-6-5-15-29-27(20)30-21/h4,8-9,12-13,19,22,26H,2-3,5-7,10-11,14-18H2,1H3,(H,29,30)(H,32,33)/t22-,26+/m1/s1. The van der Waals surface area contributed by atoms with Crippen molar-refractivity contribution in [2.75, 3.05) is 38.7 Å². The van der Waals surface area contributed by atoms with E-state index in [4.69, 9.17) is 14.5 Å². The van der Waals surface area contributed by atoms with E-state index in [0.717, 1.165) is 86.4 Å². The molecule has 2 aliphatic heterocycles. The number of benzene rings is 1. The Kier molecular flexibility index (Phi) is 7.54. The van der Waals surface area contributed by atoms with Crippen LogP contribution in [0.3, 0.4) is 0 Å². The van der Waals surface area contributed by atoms with Crippen LogP contribution >= 0.6 is 0 Å². The number of anilines is 1. The molecule has 1 saturated carbocycles. The largest absolute Gasteiger partial charge is 0.496 e. The molecule has 7 heteroatoms. The molecule has 2 atom stereocenters. The number of methoxy groups -OCH3 is 1. The van der Waals surface area contributed by atoms with Gasteiger partial charge in [0.2, 0.25) is 0 Å². The minimum Gasteiger partial charge on any atom is -0.496 e. The van der Waals surface area contributed by atoms with E-state index in [-0.39, 0.29) is 6.10 Å².